The van der Waals surface area contributed by atoms with Crippen molar-refractivity contribution in [1.82, 2.24) is 10.2 Å². The first-order chi connectivity index (χ1) is 16.0. The minimum atomic E-state index is -1.62. The topological polar surface area (TPSA) is 161 Å². The average molecular weight is 547 g/mol. The van der Waals surface area contributed by atoms with Gasteiger partial charge < -0.3 is 35.5 Å². The zero-order valence-electron chi connectivity index (χ0n) is 18.4. The number of aliphatic hydroxyl groups excluding tert-OH is 2. The number of nitrogens with one attached hydrogen (secondary N) is 1. The molecule has 194 valence electrons. The van der Waals surface area contributed by atoms with Crippen molar-refractivity contribution in [2.24, 2.45) is 5.73 Å². The Bertz CT molecular complexity index is 736. The molecule has 14 heteroatoms. The lowest BCUT2D eigenvalue weighted by Crippen LogP contribution is -2.55. The number of unbranched alkanes of at least 4 members (excludes halogenated alkanes) is 4. The molecule has 5 N–H and O–H groups in total. The molecule has 5 atom stereocenters. The first kappa shape index (κ1) is 28.9. The molecule has 1 fully saturated rings. The fraction of sp³-hybridized carbons (Fsp3) is 0.750. The highest BCUT2D eigenvalue weighted by molar-refractivity contribution is 6.67. The third-order valence-electron chi connectivity index (χ3n) is 5.16. The zero-order chi connectivity index (χ0) is 25.3. The number of esters is 2. The van der Waals surface area contributed by atoms with E-state index in [1.807, 2.05) is 0 Å². The quantitative estimate of drug-likeness (QED) is 0.161. The Hall–Kier alpha value is -1.34. The number of alkyl halides is 3. The van der Waals surface area contributed by atoms with Crippen LogP contribution in [-0.2, 0) is 23.8 Å². The molecule has 5 unspecified atom stereocenters. The number of rotatable bonds is 12. The highest BCUT2D eigenvalue weighted by Gasteiger charge is 2.47. The summed E-state index contributed by atoms with van der Waals surface area (Å²) in [7, 11) is 0. The summed E-state index contributed by atoms with van der Waals surface area (Å²) in [5.74, 6) is -0.898. The van der Waals surface area contributed by atoms with Crippen molar-refractivity contribution in [1.29, 1.82) is 0 Å². The minimum absolute atomic E-state index is 0.176. The van der Waals surface area contributed by atoms with Crippen molar-refractivity contribution in [3.05, 3.63) is 12.3 Å². The number of ether oxygens (including phenoxy) is 3. The molecule has 0 spiro atoms. The molecule has 0 aromatic rings. The van der Waals surface area contributed by atoms with Crippen LogP contribution in [0.25, 0.3) is 0 Å². The van der Waals surface area contributed by atoms with E-state index in [0.717, 1.165) is 24.2 Å². The van der Waals surface area contributed by atoms with Crippen molar-refractivity contribution in [3.63, 3.8) is 0 Å². The van der Waals surface area contributed by atoms with Crippen LogP contribution >= 0.6 is 34.8 Å². The molecule has 2 rings (SSSR count). The van der Waals surface area contributed by atoms with Crippen molar-refractivity contribution in [2.75, 3.05) is 13.2 Å². The standard InChI is InChI=1S/C20H30Cl3N3O8/c21-20(22,23)11-33-15(28)7-5-3-1-2-4-6-14(27)32-10-12-16(29)17(30)18(34-12)26-9-8-13(24)25-19(26)31/h8-9,12-13,16-18,29-30H,1-7,10-11,24H2,(H,25,31). The fourth-order valence-electron chi connectivity index (χ4n) is 3.37. The molecule has 2 aliphatic rings. The van der Waals surface area contributed by atoms with Crippen molar-refractivity contribution < 1.29 is 38.8 Å². The van der Waals surface area contributed by atoms with Crippen LogP contribution in [0.15, 0.2) is 12.3 Å². The summed E-state index contributed by atoms with van der Waals surface area (Å²) in [6.07, 6.45) is 1.35. The molecule has 2 aliphatic heterocycles. The minimum Gasteiger partial charge on any atom is -0.463 e. The molecule has 0 aromatic carbocycles. The maximum Gasteiger partial charge on any atom is 0.325 e. The number of nitrogens with zero attached hydrogens (tertiary/aromatic N) is 1. The first-order valence-electron chi connectivity index (χ1n) is 10.9. The van der Waals surface area contributed by atoms with Gasteiger partial charge in [-0.3, -0.25) is 14.5 Å². The van der Waals surface area contributed by atoms with Crippen LogP contribution < -0.4 is 11.1 Å². The van der Waals surface area contributed by atoms with Crippen LogP contribution in [0.2, 0.25) is 0 Å². The second-order valence-electron chi connectivity index (χ2n) is 8.00. The Morgan fingerprint density at radius 1 is 1.06 bits per heavy atom. The first-order valence-corrected chi connectivity index (χ1v) is 12.0. The molecular formula is C20H30Cl3N3O8. The smallest absolute Gasteiger partial charge is 0.325 e. The van der Waals surface area contributed by atoms with Gasteiger partial charge in [0.25, 0.3) is 0 Å². The molecular weight excluding hydrogens is 517 g/mol. The molecule has 0 saturated carbocycles. The van der Waals surface area contributed by atoms with E-state index in [0.29, 0.717) is 12.8 Å². The van der Waals surface area contributed by atoms with Gasteiger partial charge in [-0.1, -0.05) is 54.1 Å². The lowest BCUT2D eigenvalue weighted by Gasteiger charge is -2.31. The molecule has 11 nitrogen and oxygen atoms in total. The highest BCUT2D eigenvalue weighted by atomic mass is 35.6. The Morgan fingerprint density at radius 2 is 1.65 bits per heavy atom. The van der Waals surface area contributed by atoms with Gasteiger partial charge in [0.1, 0.15) is 31.5 Å². The van der Waals surface area contributed by atoms with Gasteiger partial charge in [-0.05, 0) is 18.9 Å². The van der Waals surface area contributed by atoms with Crippen LogP contribution in [-0.4, -0.2) is 80.8 Å². The van der Waals surface area contributed by atoms with E-state index < -0.39 is 52.5 Å². The molecule has 2 heterocycles. The predicted octanol–water partition coefficient (Wildman–Crippen LogP) is 1.44. The van der Waals surface area contributed by atoms with E-state index >= 15 is 0 Å². The second kappa shape index (κ2) is 13.7. The van der Waals surface area contributed by atoms with Crippen LogP contribution in [0.1, 0.15) is 44.9 Å². The normalized spacial score (nSPS) is 26.9. The molecule has 0 bridgehead atoms. The number of carbonyl (C=O) groups excluding carboxylic acids is 3. The summed E-state index contributed by atoms with van der Waals surface area (Å²) < 4.78 is 13.9. The molecule has 2 amide bonds. The number of carbonyl (C=O) groups is 3. The number of nitrogens with two attached hydrogens (primary N) is 1. The Labute approximate surface area is 212 Å². The lowest BCUT2D eigenvalue weighted by molar-refractivity contribution is -0.150. The monoisotopic (exact) mass is 545 g/mol. The van der Waals surface area contributed by atoms with Crippen LogP contribution in [0.3, 0.4) is 0 Å². The van der Waals surface area contributed by atoms with Gasteiger partial charge in [0.05, 0.1) is 6.17 Å². The van der Waals surface area contributed by atoms with Gasteiger partial charge >= 0.3 is 18.0 Å². The van der Waals surface area contributed by atoms with Gasteiger partial charge in [0.15, 0.2) is 6.23 Å². The van der Waals surface area contributed by atoms with E-state index in [9.17, 15) is 24.6 Å². The Morgan fingerprint density at radius 3 is 2.24 bits per heavy atom. The third-order valence-corrected chi connectivity index (χ3v) is 5.48. The van der Waals surface area contributed by atoms with Gasteiger partial charge in [-0.15, -0.1) is 0 Å². The van der Waals surface area contributed by atoms with E-state index in [1.165, 1.54) is 12.3 Å². The summed E-state index contributed by atoms with van der Waals surface area (Å²) >= 11 is 16.5. The number of amides is 2. The zero-order valence-corrected chi connectivity index (χ0v) is 20.7. The maximum atomic E-state index is 12.0. The molecule has 0 radical (unpaired) electrons. The van der Waals surface area contributed by atoms with E-state index in [-0.39, 0.29) is 26.1 Å². The summed E-state index contributed by atoms with van der Waals surface area (Å²) in [5, 5.41) is 22.9. The third kappa shape index (κ3) is 9.73. The number of aliphatic hydroxyl groups is 2. The Kier molecular flexibility index (Phi) is 11.6. The SMILES string of the molecule is NC1C=CN(C2OC(COC(=O)CCCCCCCC(=O)OCC(Cl)(Cl)Cl)C(O)C2O)C(=O)N1. The van der Waals surface area contributed by atoms with Gasteiger partial charge in [-0.25, -0.2) is 4.79 Å². The molecule has 0 aromatic heterocycles. The fourth-order valence-corrected chi connectivity index (χ4v) is 3.53. The van der Waals surface area contributed by atoms with Gasteiger partial charge in [-0.2, -0.15) is 0 Å². The Balaban J connectivity index is 1.57. The lowest BCUT2D eigenvalue weighted by atomic mass is 10.1. The van der Waals surface area contributed by atoms with Crippen LogP contribution in [0.4, 0.5) is 4.79 Å². The molecule has 34 heavy (non-hydrogen) atoms. The summed E-state index contributed by atoms with van der Waals surface area (Å²) in [4.78, 5) is 36.6. The van der Waals surface area contributed by atoms with Crippen molar-refractivity contribution in [3.8, 4) is 0 Å². The summed E-state index contributed by atoms with van der Waals surface area (Å²) in [5.41, 5.74) is 5.58. The van der Waals surface area contributed by atoms with Crippen molar-refractivity contribution >= 4 is 52.8 Å². The predicted molar refractivity (Wildman–Crippen MR) is 123 cm³/mol. The molecule has 0 aliphatic carbocycles. The highest BCUT2D eigenvalue weighted by Crippen LogP contribution is 2.27. The van der Waals surface area contributed by atoms with Crippen LogP contribution in [0.5, 0.6) is 0 Å². The maximum absolute atomic E-state index is 12.0. The summed E-state index contributed by atoms with van der Waals surface area (Å²) in [6.45, 7) is -0.553. The van der Waals surface area contributed by atoms with Crippen molar-refractivity contribution in [2.45, 2.75) is 79.4 Å². The van der Waals surface area contributed by atoms with Gasteiger partial charge in [0, 0.05) is 19.0 Å². The number of hydrogen-bond donors (Lipinski definition) is 4. The number of halogens is 3. The number of hydrogen-bond acceptors (Lipinski definition) is 9. The average Bonchev–Trinajstić information content (AvgIpc) is 3.03. The van der Waals surface area contributed by atoms with E-state index in [2.05, 4.69) is 5.32 Å². The largest absolute Gasteiger partial charge is 0.463 e. The van der Waals surface area contributed by atoms with E-state index in [4.69, 9.17) is 54.7 Å². The van der Waals surface area contributed by atoms with Gasteiger partial charge in [0.2, 0.25) is 3.79 Å². The van der Waals surface area contributed by atoms with Crippen LogP contribution in [0, 0.1) is 0 Å². The van der Waals surface area contributed by atoms with E-state index in [1.54, 1.807) is 0 Å². The second-order valence-corrected chi connectivity index (χ2v) is 10.5. The molecule has 1 saturated heterocycles. The summed E-state index contributed by atoms with van der Waals surface area (Å²) in [6, 6.07) is -0.580. The number of urea groups is 1.